The average molecular weight is 457 g/mol. The molecule has 1 unspecified atom stereocenters. The normalized spacial score (nSPS) is 23.4. The van der Waals surface area contributed by atoms with Crippen molar-refractivity contribution in [1.29, 1.82) is 0 Å². The molecule has 180 valence electrons. The zero-order valence-electron chi connectivity index (χ0n) is 19.7. The van der Waals surface area contributed by atoms with Crippen LogP contribution in [0.15, 0.2) is 36.5 Å². The first kappa shape index (κ1) is 23.0. The monoisotopic (exact) mass is 456 g/mol. The summed E-state index contributed by atoms with van der Waals surface area (Å²) in [5.74, 6) is 1.71. The van der Waals surface area contributed by atoms with Crippen LogP contribution in [0.3, 0.4) is 0 Å². The lowest BCUT2D eigenvalue weighted by Gasteiger charge is -2.34. The number of alkyl halides is 2. The maximum atomic E-state index is 13.8. The van der Waals surface area contributed by atoms with Crippen LogP contribution in [-0.2, 0) is 6.42 Å². The van der Waals surface area contributed by atoms with Gasteiger partial charge in [-0.2, -0.15) is 0 Å². The Hall–Kier alpha value is -1.79. The fourth-order valence-corrected chi connectivity index (χ4v) is 5.96. The third-order valence-electron chi connectivity index (χ3n) is 8.15. The molecule has 0 bridgehead atoms. The maximum Gasteiger partial charge on any atom is 0.295 e. The highest BCUT2D eigenvalue weighted by Crippen LogP contribution is 2.32. The second-order valence-corrected chi connectivity index (χ2v) is 10.5. The van der Waals surface area contributed by atoms with Gasteiger partial charge in [-0.15, -0.1) is 0 Å². The molecule has 1 aromatic carbocycles. The van der Waals surface area contributed by atoms with Gasteiger partial charge in [0.05, 0.1) is 5.69 Å². The van der Waals surface area contributed by atoms with Gasteiger partial charge in [0.2, 0.25) is 0 Å². The number of likely N-dealkylation sites (tertiary alicyclic amines) is 2. The van der Waals surface area contributed by atoms with Gasteiger partial charge in [-0.05, 0) is 56.2 Å². The fraction of sp³-hybridized carbons (Fsp3) is 0.667. The molecule has 1 aliphatic carbocycles. The zero-order valence-corrected chi connectivity index (χ0v) is 19.7. The molecule has 0 N–H and O–H groups in total. The smallest absolute Gasteiger partial charge is 0.295 e. The van der Waals surface area contributed by atoms with E-state index in [1.807, 2.05) is 36.5 Å². The van der Waals surface area contributed by atoms with Crippen molar-refractivity contribution in [3.05, 3.63) is 53.6 Å². The average Bonchev–Trinajstić information content (AvgIpc) is 3.41. The molecule has 4 nitrogen and oxygen atoms in total. The standard InChI is InChI=1S/C27H38F2N4/c28-26(29)27-30-24(17-22-5-2-1-3-6-22)20-33(27)25-11-15-32(16-12-25)19-23-10-14-31(18-23)13-9-21-7-4-8-21/h1-3,5-6,20-21,23,25-26H,4,7-19H2. The van der Waals surface area contributed by atoms with Crippen LogP contribution < -0.4 is 0 Å². The summed E-state index contributed by atoms with van der Waals surface area (Å²) in [6.07, 6.45) is 8.85. The largest absolute Gasteiger partial charge is 0.327 e. The van der Waals surface area contributed by atoms with Crippen molar-refractivity contribution in [2.75, 3.05) is 39.3 Å². The van der Waals surface area contributed by atoms with Crippen LogP contribution in [0.2, 0.25) is 0 Å². The van der Waals surface area contributed by atoms with Gasteiger partial charge >= 0.3 is 0 Å². The van der Waals surface area contributed by atoms with Crippen LogP contribution >= 0.6 is 0 Å². The molecule has 1 atom stereocenters. The number of piperidine rings is 1. The van der Waals surface area contributed by atoms with Gasteiger partial charge in [-0.1, -0.05) is 49.6 Å². The molecule has 2 aromatic rings. The minimum Gasteiger partial charge on any atom is -0.327 e. The SMILES string of the molecule is FC(F)c1nc(Cc2ccccc2)cn1C1CCN(CC2CCN(CCC3CCC3)C2)CC1. The van der Waals surface area contributed by atoms with Gasteiger partial charge in [-0.25, -0.2) is 13.8 Å². The van der Waals surface area contributed by atoms with E-state index < -0.39 is 6.43 Å². The predicted octanol–water partition coefficient (Wildman–Crippen LogP) is 5.56. The number of halogens is 2. The Balaban J connectivity index is 1.11. The predicted molar refractivity (Wildman–Crippen MR) is 128 cm³/mol. The number of benzene rings is 1. The molecule has 3 aliphatic rings. The second kappa shape index (κ2) is 10.6. The van der Waals surface area contributed by atoms with E-state index in [-0.39, 0.29) is 11.9 Å². The van der Waals surface area contributed by atoms with E-state index in [0.29, 0.717) is 6.42 Å². The number of aromatic nitrogens is 2. The highest BCUT2D eigenvalue weighted by atomic mass is 19.3. The van der Waals surface area contributed by atoms with Crippen LogP contribution in [0.5, 0.6) is 0 Å². The zero-order chi connectivity index (χ0) is 22.6. The molecule has 6 heteroatoms. The number of hydrogen-bond acceptors (Lipinski definition) is 3. The summed E-state index contributed by atoms with van der Waals surface area (Å²) in [7, 11) is 0. The second-order valence-electron chi connectivity index (χ2n) is 10.5. The van der Waals surface area contributed by atoms with Crippen LogP contribution in [0.1, 0.15) is 74.5 Å². The molecule has 0 spiro atoms. The highest BCUT2D eigenvalue weighted by Gasteiger charge is 2.30. The lowest BCUT2D eigenvalue weighted by molar-refractivity contribution is 0.120. The van der Waals surface area contributed by atoms with E-state index >= 15 is 0 Å². The Morgan fingerprint density at radius 3 is 2.36 bits per heavy atom. The Bertz CT molecular complexity index is 872. The van der Waals surface area contributed by atoms with E-state index in [4.69, 9.17) is 0 Å². The van der Waals surface area contributed by atoms with Gasteiger partial charge in [0.1, 0.15) is 0 Å². The quantitative estimate of drug-likeness (QED) is 0.494. The van der Waals surface area contributed by atoms with Gasteiger partial charge < -0.3 is 14.4 Å². The number of hydrogen-bond donors (Lipinski definition) is 0. The van der Waals surface area contributed by atoms with Crippen molar-refractivity contribution in [3.8, 4) is 0 Å². The Morgan fingerprint density at radius 1 is 0.909 bits per heavy atom. The van der Waals surface area contributed by atoms with Crippen molar-refractivity contribution in [1.82, 2.24) is 19.4 Å². The first-order valence-electron chi connectivity index (χ1n) is 13.0. The van der Waals surface area contributed by atoms with Crippen molar-refractivity contribution >= 4 is 0 Å². The van der Waals surface area contributed by atoms with E-state index in [0.717, 1.165) is 55.6 Å². The summed E-state index contributed by atoms with van der Waals surface area (Å²) < 4.78 is 29.3. The first-order chi connectivity index (χ1) is 16.1. The fourth-order valence-electron chi connectivity index (χ4n) is 5.96. The van der Waals surface area contributed by atoms with Crippen LogP contribution in [0.4, 0.5) is 8.78 Å². The topological polar surface area (TPSA) is 24.3 Å². The summed E-state index contributed by atoms with van der Waals surface area (Å²) in [5.41, 5.74) is 1.85. The van der Waals surface area contributed by atoms with Gasteiger partial charge in [0, 0.05) is 44.8 Å². The van der Waals surface area contributed by atoms with Crippen molar-refractivity contribution in [3.63, 3.8) is 0 Å². The van der Waals surface area contributed by atoms with Gasteiger partial charge in [-0.3, -0.25) is 0 Å². The van der Waals surface area contributed by atoms with E-state index in [1.54, 1.807) is 4.57 Å². The van der Waals surface area contributed by atoms with Crippen molar-refractivity contribution < 1.29 is 8.78 Å². The Labute approximate surface area is 197 Å². The molecular weight excluding hydrogens is 418 g/mol. The highest BCUT2D eigenvalue weighted by molar-refractivity contribution is 5.22. The Morgan fingerprint density at radius 2 is 1.67 bits per heavy atom. The summed E-state index contributed by atoms with van der Waals surface area (Å²) >= 11 is 0. The summed E-state index contributed by atoms with van der Waals surface area (Å²) in [6, 6.07) is 10.1. The molecule has 3 fully saturated rings. The van der Waals surface area contributed by atoms with Crippen LogP contribution in [0.25, 0.3) is 0 Å². The Kier molecular flexibility index (Phi) is 7.41. The minimum atomic E-state index is -2.53. The molecule has 2 aliphatic heterocycles. The molecule has 33 heavy (non-hydrogen) atoms. The van der Waals surface area contributed by atoms with Gasteiger partial charge in [0.25, 0.3) is 6.43 Å². The molecular formula is C27H38F2N4. The molecule has 1 aromatic heterocycles. The van der Waals surface area contributed by atoms with E-state index in [1.165, 1.54) is 51.7 Å². The molecule has 3 heterocycles. The summed E-state index contributed by atoms with van der Waals surface area (Å²) in [6.45, 7) is 6.94. The lowest BCUT2D eigenvalue weighted by atomic mass is 9.83. The maximum absolute atomic E-state index is 13.8. The molecule has 1 saturated carbocycles. The third-order valence-corrected chi connectivity index (χ3v) is 8.15. The van der Waals surface area contributed by atoms with Crippen LogP contribution in [-0.4, -0.2) is 58.6 Å². The molecule has 2 saturated heterocycles. The third kappa shape index (κ3) is 5.83. The van der Waals surface area contributed by atoms with Crippen molar-refractivity contribution in [2.24, 2.45) is 11.8 Å². The number of rotatable bonds is 9. The number of nitrogens with zero attached hydrogens (tertiary/aromatic N) is 4. The van der Waals surface area contributed by atoms with Crippen molar-refractivity contribution in [2.45, 2.75) is 63.8 Å². The van der Waals surface area contributed by atoms with Gasteiger partial charge in [0.15, 0.2) is 5.82 Å². The lowest BCUT2D eigenvalue weighted by Crippen LogP contribution is -2.38. The molecule has 0 radical (unpaired) electrons. The minimum absolute atomic E-state index is 0.0581. The molecule has 0 amide bonds. The number of imidazole rings is 1. The summed E-state index contributed by atoms with van der Waals surface area (Å²) in [4.78, 5) is 9.57. The van der Waals surface area contributed by atoms with E-state index in [2.05, 4.69) is 14.8 Å². The summed E-state index contributed by atoms with van der Waals surface area (Å²) in [5, 5.41) is 0. The van der Waals surface area contributed by atoms with E-state index in [9.17, 15) is 8.78 Å². The van der Waals surface area contributed by atoms with Crippen LogP contribution in [0, 0.1) is 11.8 Å². The first-order valence-corrected chi connectivity index (χ1v) is 13.0. The molecule has 5 rings (SSSR count).